The first-order chi connectivity index (χ1) is 8.27. The number of unbranched alkanes of at least 4 members (excludes halogenated alkanes) is 1. The highest BCUT2D eigenvalue weighted by atomic mass is 19.1. The number of rotatable bonds is 8. The predicted molar refractivity (Wildman–Crippen MR) is 67.0 cm³/mol. The summed E-state index contributed by atoms with van der Waals surface area (Å²) in [6.07, 6.45) is 2.63. The molecule has 0 aliphatic heterocycles. The molecule has 0 saturated carbocycles. The highest BCUT2D eigenvalue weighted by molar-refractivity contribution is 5.28. The maximum atomic E-state index is 11.8. The average molecular weight is 240 g/mol. The van der Waals surface area contributed by atoms with Gasteiger partial charge in [0.1, 0.15) is 5.75 Å². The second kappa shape index (κ2) is 8.07. The summed E-state index contributed by atoms with van der Waals surface area (Å²) in [7, 11) is 0. The quantitative estimate of drug-likeness (QED) is 0.703. The highest BCUT2D eigenvalue weighted by Crippen LogP contribution is 2.21. The Hall–Kier alpha value is -1.09. The van der Waals surface area contributed by atoms with E-state index in [2.05, 4.69) is 0 Å². The molecule has 0 unspecified atom stereocenters. The molecule has 0 amide bonds. The van der Waals surface area contributed by atoms with Crippen LogP contribution in [0.5, 0.6) is 5.75 Å². The molecule has 17 heavy (non-hydrogen) atoms. The van der Waals surface area contributed by atoms with Crippen molar-refractivity contribution in [1.29, 1.82) is 0 Å². The molecule has 0 aliphatic carbocycles. The summed E-state index contributed by atoms with van der Waals surface area (Å²) in [5.74, 6) is 0.774. The summed E-state index contributed by atoms with van der Waals surface area (Å²) < 4.78 is 17.3. The number of alkyl halides is 1. The summed E-state index contributed by atoms with van der Waals surface area (Å²) in [6.45, 7) is 2.30. The van der Waals surface area contributed by atoms with Crippen molar-refractivity contribution in [3.63, 3.8) is 0 Å². The number of benzene rings is 1. The van der Waals surface area contributed by atoms with Crippen LogP contribution in [0, 0.1) is 0 Å². The summed E-state index contributed by atoms with van der Waals surface area (Å²) in [6, 6.07) is 7.46. The van der Waals surface area contributed by atoms with Gasteiger partial charge in [-0.15, -0.1) is 0 Å². The Morgan fingerprint density at radius 3 is 2.53 bits per heavy atom. The van der Waals surface area contributed by atoms with E-state index in [0.717, 1.165) is 30.6 Å². The third kappa shape index (κ3) is 5.18. The van der Waals surface area contributed by atoms with Crippen molar-refractivity contribution in [2.24, 2.45) is 0 Å². The molecule has 1 rings (SSSR count). The lowest BCUT2D eigenvalue weighted by Gasteiger charge is -2.11. The van der Waals surface area contributed by atoms with Crippen molar-refractivity contribution in [2.45, 2.75) is 38.7 Å². The molecule has 0 fully saturated rings. The average Bonchev–Trinajstić information content (AvgIpc) is 2.36. The Balaban J connectivity index is 2.39. The number of hydrogen-bond donors (Lipinski definition) is 1. The lowest BCUT2D eigenvalue weighted by Crippen LogP contribution is -1.99. The van der Waals surface area contributed by atoms with Crippen molar-refractivity contribution in [3.8, 4) is 5.75 Å². The van der Waals surface area contributed by atoms with E-state index in [1.54, 1.807) is 0 Å². The van der Waals surface area contributed by atoms with Gasteiger partial charge in [-0.05, 0) is 37.0 Å². The third-order valence-corrected chi connectivity index (χ3v) is 2.62. The van der Waals surface area contributed by atoms with Crippen LogP contribution in [0.3, 0.4) is 0 Å². The molecule has 1 N–H and O–H groups in total. The minimum Gasteiger partial charge on any atom is -0.494 e. The van der Waals surface area contributed by atoms with Gasteiger partial charge in [-0.3, -0.25) is 4.39 Å². The van der Waals surface area contributed by atoms with Crippen LogP contribution in [-0.4, -0.2) is 18.4 Å². The minimum absolute atomic E-state index is 0.286. The lowest BCUT2D eigenvalue weighted by atomic mass is 10.1. The van der Waals surface area contributed by atoms with Crippen LogP contribution in [0.2, 0.25) is 0 Å². The first-order valence-corrected chi connectivity index (χ1v) is 6.24. The van der Waals surface area contributed by atoms with Crippen molar-refractivity contribution in [3.05, 3.63) is 29.8 Å². The Morgan fingerprint density at radius 2 is 1.94 bits per heavy atom. The second-order valence-electron chi connectivity index (χ2n) is 4.12. The van der Waals surface area contributed by atoms with Crippen LogP contribution in [-0.2, 0) is 0 Å². The van der Waals surface area contributed by atoms with Crippen LogP contribution in [0.4, 0.5) is 4.39 Å². The molecule has 0 saturated heterocycles. The molecule has 3 heteroatoms. The number of aliphatic hydroxyl groups is 1. The highest BCUT2D eigenvalue weighted by Gasteiger charge is 2.05. The van der Waals surface area contributed by atoms with Gasteiger partial charge in [0, 0.05) is 0 Å². The monoisotopic (exact) mass is 240 g/mol. The topological polar surface area (TPSA) is 29.5 Å². The van der Waals surface area contributed by atoms with Gasteiger partial charge in [0.25, 0.3) is 0 Å². The fraction of sp³-hybridized carbons (Fsp3) is 0.571. The van der Waals surface area contributed by atoms with E-state index in [-0.39, 0.29) is 12.8 Å². The van der Waals surface area contributed by atoms with Crippen LogP contribution in [0.25, 0.3) is 0 Å². The zero-order valence-electron chi connectivity index (χ0n) is 10.4. The van der Waals surface area contributed by atoms with E-state index >= 15 is 0 Å². The van der Waals surface area contributed by atoms with Crippen molar-refractivity contribution < 1.29 is 14.2 Å². The van der Waals surface area contributed by atoms with Gasteiger partial charge in [0.15, 0.2) is 0 Å². The van der Waals surface area contributed by atoms with Gasteiger partial charge < -0.3 is 9.84 Å². The Morgan fingerprint density at radius 1 is 1.24 bits per heavy atom. The molecule has 0 bridgehead atoms. The molecule has 0 radical (unpaired) electrons. The van der Waals surface area contributed by atoms with Gasteiger partial charge >= 0.3 is 0 Å². The van der Waals surface area contributed by atoms with E-state index in [1.807, 2.05) is 31.2 Å². The summed E-state index contributed by atoms with van der Waals surface area (Å²) in [5, 5.41) is 9.77. The number of aliphatic hydroxyl groups excluding tert-OH is 1. The Kier molecular flexibility index (Phi) is 6.63. The van der Waals surface area contributed by atoms with Crippen molar-refractivity contribution in [2.75, 3.05) is 13.3 Å². The largest absolute Gasteiger partial charge is 0.494 e. The third-order valence-electron chi connectivity index (χ3n) is 2.62. The van der Waals surface area contributed by atoms with Crippen molar-refractivity contribution in [1.82, 2.24) is 0 Å². The number of hydrogen-bond acceptors (Lipinski definition) is 2. The summed E-state index contributed by atoms with van der Waals surface area (Å²) in [4.78, 5) is 0. The SMILES string of the molecule is CCC[C@H](O)c1ccc(OCCCCF)cc1. The molecular formula is C14H21FO2. The predicted octanol–water partition coefficient (Wildman–Crippen LogP) is 3.65. The lowest BCUT2D eigenvalue weighted by molar-refractivity contribution is 0.166. The van der Waals surface area contributed by atoms with Gasteiger partial charge in [-0.25, -0.2) is 0 Å². The molecule has 0 aliphatic rings. The van der Waals surface area contributed by atoms with Gasteiger partial charge in [-0.2, -0.15) is 0 Å². The number of halogens is 1. The smallest absolute Gasteiger partial charge is 0.119 e. The molecule has 1 aromatic carbocycles. The minimum atomic E-state index is -0.388. The van der Waals surface area contributed by atoms with Crippen molar-refractivity contribution >= 4 is 0 Å². The van der Waals surface area contributed by atoms with E-state index in [0.29, 0.717) is 13.0 Å². The van der Waals surface area contributed by atoms with Gasteiger partial charge in [-0.1, -0.05) is 25.5 Å². The summed E-state index contributed by atoms with van der Waals surface area (Å²) >= 11 is 0. The second-order valence-corrected chi connectivity index (χ2v) is 4.12. The van der Waals surface area contributed by atoms with Crippen LogP contribution < -0.4 is 4.74 Å². The van der Waals surface area contributed by atoms with Crippen LogP contribution in [0.1, 0.15) is 44.3 Å². The van der Waals surface area contributed by atoms with E-state index in [9.17, 15) is 9.50 Å². The zero-order chi connectivity index (χ0) is 12.5. The van der Waals surface area contributed by atoms with E-state index in [1.165, 1.54) is 0 Å². The first kappa shape index (κ1) is 14.0. The Labute approximate surface area is 102 Å². The molecule has 2 nitrogen and oxygen atoms in total. The van der Waals surface area contributed by atoms with Gasteiger partial charge in [0.2, 0.25) is 0 Å². The fourth-order valence-corrected chi connectivity index (χ4v) is 1.61. The fourth-order valence-electron chi connectivity index (χ4n) is 1.61. The zero-order valence-corrected chi connectivity index (χ0v) is 10.4. The Bertz CT molecular complexity index is 298. The number of ether oxygens (including phenoxy) is 1. The molecule has 1 atom stereocenters. The maximum Gasteiger partial charge on any atom is 0.119 e. The molecule has 1 aromatic rings. The van der Waals surface area contributed by atoms with Gasteiger partial charge in [0.05, 0.1) is 19.4 Å². The molecule has 0 spiro atoms. The molecule has 0 aromatic heterocycles. The first-order valence-electron chi connectivity index (χ1n) is 6.24. The van der Waals surface area contributed by atoms with Crippen LogP contribution >= 0.6 is 0 Å². The maximum absolute atomic E-state index is 11.8. The molecular weight excluding hydrogens is 219 g/mol. The molecule has 0 heterocycles. The van der Waals surface area contributed by atoms with Crippen LogP contribution in [0.15, 0.2) is 24.3 Å². The summed E-state index contributed by atoms with van der Waals surface area (Å²) in [5.41, 5.74) is 0.919. The standard InChI is InChI=1S/C14H21FO2/c1-2-5-14(16)12-6-8-13(9-7-12)17-11-4-3-10-15/h6-9,14,16H,2-5,10-11H2,1H3/t14-/m0/s1. The van der Waals surface area contributed by atoms with E-state index in [4.69, 9.17) is 4.74 Å². The normalized spacial score (nSPS) is 12.4. The van der Waals surface area contributed by atoms with E-state index < -0.39 is 0 Å². The molecule has 96 valence electrons.